The van der Waals surface area contributed by atoms with Crippen LogP contribution in [0.3, 0.4) is 0 Å². The van der Waals surface area contributed by atoms with E-state index in [-0.39, 0.29) is 18.7 Å². The molecule has 1 rings (SSSR count). The van der Waals surface area contributed by atoms with Crippen molar-refractivity contribution >= 4 is 31.9 Å². The van der Waals surface area contributed by atoms with Crippen molar-refractivity contribution in [1.29, 1.82) is 0 Å². The van der Waals surface area contributed by atoms with Crippen molar-refractivity contribution in [3.05, 3.63) is 34.3 Å². The predicted molar refractivity (Wildman–Crippen MR) is 67.0 cm³/mol. The van der Waals surface area contributed by atoms with E-state index in [0.29, 0.717) is 5.56 Å². The summed E-state index contributed by atoms with van der Waals surface area (Å²) < 4.78 is 26.2. The second-order valence-corrected chi connectivity index (χ2v) is 6.15. The molecule has 2 N–H and O–H groups in total. The molecule has 0 atom stereocenters. The number of aliphatic carboxylic acids is 1. The summed E-state index contributed by atoms with van der Waals surface area (Å²) >= 11 is 3.25. The normalized spacial score (nSPS) is 11.4. The minimum Gasteiger partial charge on any atom is -0.481 e. The van der Waals surface area contributed by atoms with Crippen molar-refractivity contribution < 1.29 is 18.3 Å². The van der Waals surface area contributed by atoms with Crippen molar-refractivity contribution in [2.24, 2.45) is 0 Å². The minimum atomic E-state index is -3.47. The molecule has 0 spiro atoms. The average Bonchev–Trinajstić information content (AvgIpc) is 2.20. The highest BCUT2D eigenvalue weighted by Gasteiger charge is 2.11. The zero-order chi connectivity index (χ0) is 12.9. The molecule has 0 bridgehead atoms. The fourth-order valence-electron chi connectivity index (χ4n) is 1.16. The maximum atomic E-state index is 11.6. The van der Waals surface area contributed by atoms with Gasteiger partial charge in [-0.25, -0.2) is 13.1 Å². The van der Waals surface area contributed by atoms with Gasteiger partial charge in [-0.2, -0.15) is 0 Å². The standard InChI is InChI=1S/C10H12BrNO4S/c11-9-3-1-8(2-4-9)7-17(15,16)12-6-5-10(13)14/h1-4,12H,5-7H2,(H,13,14). The van der Waals surface area contributed by atoms with Gasteiger partial charge in [0.2, 0.25) is 10.0 Å². The number of rotatable bonds is 6. The van der Waals surface area contributed by atoms with Gasteiger partial charge in [0.25, 0.3) is 0 Å². The molecule has 0 fully saturated rings. The molecule has 7 heteroatoms. The van der Waals surface area contributed by atoms with Crippen LogP contribution in [0.4, 0.5) is 0 Å². The van der Waals surface area contributed by atoms with Gasteiger partial charge in [-0.3, -0.25) is 4.79 Å². The maximum absolute atomic E-state index is 11.6. The molecule has 0 saturated carbocycles. The first kappa shape index (κ1) is 14.1. The lowest BCUT2D eigenvalue weighted by Crippen LogP contribution is -2.27. The Balaban J connectivity index is 2.54. The van der Waals surface area contributed by atoms with E-state index in [1.54, 1.807) is 24.3 Å². The molecule has 0 aliphatic carbocycles. The molecule has 0 unspecified atom stereocenters. The Morgan fingerprint density at radius 2 is 1.88 bits per heavy atom. The molecular formula is C10H12BrNO4S. The first-order valence-corrected chi connectivity index (χ1v) is 7.27. The van der Waals surface area contributed by atoms with Gasteiger partial charge in [-0.05, 0) is 17.7 Å². The Bertz CT molecular complexity index is 484. The fraction of sp³-hybridized carbons (Fsp3) is 0.300. The van der Waals surface area contributed by atoms with Crippen LogP contribution in [0.5, 0.6) is 0 Å². The Morgan fingerprint density at radius 1 is 1.29 bits per heavy atom. The quantitative estimate of drug-likeness (QED) is 0.828. The third kappa shape index (κ3) is 5.81. The van der Waals surface area contributed by atoms with E-state index >= 15 is 0 Å². The first-order chi connectivity index (χ1) is 7.89. The number of carbonyl (C=O) groups is 1. The smallest absolute Gasteiger partial charge is 0.304 e. The summed E-state index contributed by atoms with van der Waals surface area (Å²) in [4.78, 5) is 10.2. The van der Waals surface area contributed by atoms with Gasteiger partial charge in [0.05, 0.1) is 12.2 Å². The van der Waals surface area contributed by atoms with E-state index in [4.69, 9.17) is 5.11 Å². The molecule has 0 radical (unpaired) electrons. The number of nitrogens with one attached hydrogen (secondary N) is 1. The van der Waals surface area contributed by atoms with E-state index in [1.807, 2.05) is 0 Å². The molecule has 1 aromatic carbocycles. The van der Waals surface area contributed by atoms with Gasteiger partial charge in [0.1, 0.15) is 0 Å². The number of carboxylic acids is 1. The van der Waals surface area contributed by atoms with Crippen molar-refractivity contribution in [1.82, 2.24) is 4.72 Å². The lowest BCUT2D eigenvalue weighted by atomic mass is 10.2. The number of sulfonamides is 1. The van der Waals surface area contributed by atoms with E-state index in [9.17, 15) is 13.2 Å². The number of carboxylic acid groups (broad SMARTS) is 1. The number of halogens is 1. The Labute approximate surface area is 108 Å². The van der Waals surface area contributed by atoms with Gasteiger partial charge in [0.15, 0.2) is 0 Å². The van der Waals surface area contributed by atoms with E-state index in [1.165, 1.54) is 0 Å². The molecule has 5 nitrogen and oxygen atoms in total. The molecule has 0 aromatic heterocycles. The number of hydrogen-bond donors (Lipinski definition) is 2. The van der Waals surface area contributed by atoms with E-state index in [0.717, 1.165) is 4.47 Å². The fourth-order valence-corrected chi connectivity index (χ4v) is 2.58. The Morgan fingerprint density at radius 3 is 2.41 bits per heavy atom. The highest BCUT2D eigenvalue weighted by Crippen LogP contribution is 2.12. The second kappa shape index (κ2) is 6.13. The monoisotopic (exact) mass is 321 g/mol. The van der Waals surface area contributed by atoms with Crippen LogP contribution in [0.15, 0.2) is 28.7 Å². The second-order valence-electron chi connectivity index (χ2n) is 3.42. The van der Waals surface area contributed by atoms with Crippen LogP contribution in [-0.2, 0) is 20.6 Å². The molecule has 0 amide bonds. The van der Waals surface area contributed by atoms with Crippen LogP contribution in [0.1, 0.15) is 12.0 Å². The molecule has 1 aromatic rings. The number of hydrogen-bond acceptors (Lipinski definition) is 3. The zero-order valence-corrected chi connectivity index (χ0v) is 11.3. The number of benzene rings is 1. The van der Waals surface area contributed by atoms with Crippen molar-refractivity contribution in [3.8, 4) is 0 Å². The van der Waals surface area contributed by atoms with Crippen LogP contribution in [0, 0.1) is 0 Å². The Hall–Kier alpha value is -0.920. The largest absolute Gasteiger partial charge is 0.481 e. The third-order valence-electron chi connectivity index (χ3n) is 1.93. The van der Waals surface area contributed by atoms with E-state index < -0.39 is 16.0 Å². The Kier molecular flexibility index (Phi) is 5.10. The summed E-state index contributed by atoms with van der Waals surface area (Å²) in [6.07, 6.45) is -0.223. The zero-order valence-electron chi connectivity index (χ0n) is 8.89. The van der Waals surface area contributed by atoms with Crippen molar-refractivity contribution in [3.63, 3.8) is 0 Å². The van der Waals surface area contributed by atoms with Gasteiger partial charge >= 0.3 is 5.97 Å². The minimum absolute atomic E-state index is 0.0891. The van der Waals surface area contributed by atoms with Crippen LogP contribution < -0.4 is 4.72 Å². The molecular weight excluding hydrogens is 310 g/mol. The van der Waals surface area contributed by atoms with E-state index in [2.05, 4.69) is 20.7 Å². The lowest BCUT2D eigenvalue weighted by Gasteiger charge is -2.05. The molecule has 0 saturated heterocycles. The summed E-state index contributed by atoms with van der Waals surface area (Å²) in [5.41, 5.74) is 0.649. The highest BCUT2D eigenvalue weighted by molar-refractivity contribution is 9.10. The van der Waals surface area contributed by atoms with Gasteiger partial charge in [-0.15, -0.1) is 0 Å². The molecule has 0 aliphatic rings. The van der Waals surface area contributed by atoms with Crippen LogP contribution in [-0.4, -0.2) is 26.0 Å². The lowest BCUT2D eigenvalue weighted by molar-refractivity contribution is -0.136. The molecule has 0 heterocycles. The van der Waals surface area contributed by atoms with Crippen molar-refractivity contribution in [2.75, 3.05) is 6.54 Å². The van der Waals surface area contributed by atoms with Gasteiger partial charge in [-0.1, -0.05) is 28.1 Å². The third-order valence-corrected chi connectivity index (χ3v) is 3.82. The molecule has 0 aliphatic heterocycles. The highest BCUT2D eigenvalue weighted by atomic mass is 79.9. The average molecular weight is 322 g/mol. The topological polar surface area (TPSA) is 83.5 Å². The maximum Gasteiger partial charge on any atom is 0.304 e. The van der Waals surface area contributed by atoms with Gasteiger partial charge in [0, 0.05) is 11.0 Å². The summed E-state index contributed by atoms with van der Waals surface area (Å²) in [6.45, 7) is -0.0891. The summed E-state index contributed by atoms with van der Waals surface area (Å²) in [5.74, 6) is -1.18. The van der Waals surface area contributed by atoms with Gasteiger partial charge < -0.3 is 5.11 Å². The summed E-state index contributed by atoms with van der Waals surface area (Å²) in [7, 11) is -3.47. The summed E-state index contributed by atoms with van der Waals surface area (Å²) in [6, 6.07) is 6.89. The van der Waals surface area contributed by atoms with Crippen LogP contribution in [0.25, 0.3) is 0 Å². The van der Waals surface area contributed by atoms with Crippen LogP contribution in [0.2, 0.25) is 0 Å². The SMILES string of the molecule is O=C(O)CCNS(=O)(=O)Cc1ccc(Br)cc1. The van der Waals surface area contributed by atoms with Crippen LogP contribution >= 0.6 is 15.9 Å². The van der Waals surface area contributed by atoms with Crippen molar-refractivity contribution in [2.45, 2.75) is 12.2 Å². The predicted octanol–water partition coefficient (Wildman–Crippen LogP) is 1.34. The molecule has 94 valence electrons. The summed E-state index contributed by atoms with van der Waals surface area (Å²) in [5, 5.41) is 8.39. The molecule has 17 heavy (non-hydrogen) atoms. The first-order valence-electron chi connectivity index (χ1n) is 4.82.